The molecule has 1 aliphatic heterocycles. The number of allylic oxidation sites excluding steroid dienone is 1. The lowest BCUT2D eigenvalue weighted by atomic mass is 9.89. The van der Waals surface area contributed by atoms with Crippen LogP contribution in [-0.2, 0) is 29.2 Å². The van der Waals surface area contributed by atoms with Crippen molar-refractivity contribution < 1.29 is 37.1 Å². The quantitative estimate of drug-likeness (QED) is 0.171. The number of sulfonamides is 1. The van der Waals surface area contributed by atoms with E-state index in [1.165, 1.54) is 17.1 Å². The van der Waals surface area contributed by atoms with E-state index in [4.69, 9.17) is 14.5 Å². The molecule has 3 amide bonds. The van der Waals surface area contributed by atoms with Gasteiger partial charge in [-0.25, -0.2) is 13.4 Å². The average Bonchev–Trinajstić information content (AvgIpc) is 4.06. The molecular weight excluding hydrogens is 685 g/mol. The van der Waals surface area contributed by atoms with Crippen LogP contribution in [0.1, 0.15) is 46.0 Å². The van der Waals surface area contributed by atoms with Crippen molar-refractivity contribution in [3.8, 4) is 22.8 Å². The highest BCUT2D eigenvalue weighted by Crippen LogP contribution is 2.46. The lowest BCUT2D eigenvalue weighted by Crippen LogP contribution is -2.57. The number of carbonyl (C=O) groups is 4. The van der Waals surface area contributed by atoms with Crippen LogP contribution in [-0.4, -0.2) is 78.4 Å². The molecule has 13 heteroatoms. The van der Waals surface area contributed by atoms with E-state index in [9.17, 15) is 27.6 Å². The van der Waals surface area contributed by atoms with Crippen LogP contribution in [0.2, 0.25) is 0 Å². The summed E-state index contributed by atoms with van der Waals surface area (Å²) >= 11 is 0. The molecule has 0 spiro atoms. The standard InChI is InChI=1S/C39H44N4O8S/c1-6-25-21-39(25,38(47)42-52(48,49)29-14-15-29)41-36(45)34-19-28(22-43(34)37(46)31(23(3)4)17-26(44)7-2)51-35-20-32(24-11-9-8-10-12-24)40-33-18-27(50-5)13-16-30(33)35/h6-13,16,18,20,23,25,28-29,31,34H,1-2,14-15,17,19,21-22H2,3-5H3,(H,41,45)(H,42,47)/t25-,28?,31-,34+,39-/m1/s1. The highest BCUT2D eigenvalue weighted by molar-refractivity contribution is 7.91. The minimum atomic E-state index is -3.89. The van der Waals surface area contributed by atoms with Gasteiger partial charge in [0.05, 0.1) is 30.1 Å². The number of hydrogen-bond donors (Lipinski definition) is 2. The number of benzene rings is 2. The van der Waals surface area contributed by atoms with Gasteiger partial charge in [0.25, 0.3) is 5.91 Å². The molecule has 2 saturated carbocycles. The third-order valence-corrected chi connectivity index (χ3v) is 12.0. The van der Waals surface area contributed by atoms with Crippen LogP contribution < -0.4 is 19.5 Å². The minimum absolute atomic E-state index is 0.0171. The molecule has 1 aromatic heterocycles. The number of amides is 3. The molecule has 3 aromatic rings. The largest absolute Gasteiger partial charge is 0.497 e. The molecule has 6 rings (SSSR count). The predicted molar refractivity (Wildman–Crippen MR) is 196 cm³/mol. The Kier molecular flexibility index (Phi) is 10.3. The number of aromatic nitrogens is 1. The number of pyridine rings is 1. The minimum Gasteiger partial charge on any atom is -0.497 e. The zero-order valence-electron chi connectivity index (χ0n) is 29.5. The van der Waals surface area contributed by atoms with Crippen molar-refractivity contribution in [3.05, 3.63) is 79.9 Å². The van der Waals surface area contributed by atoms with Gasteiger partial charge < -0.3 is 19.7 Å². The van der Waals surface area contributed by atoms with Gasteiger partial charge in [-0.15, -0.1) is 6.58 Å². The summed E-state index contributed by atoms with van der Waals surface area (Å²) in [5.74, 6) is -2.56. The van der Waals surface area contributed by atoms with Gasteiger partial charge in [0.15, 0.2) is 5.78 Å². The zero-order valence-corrected chi connectivity index (χ0v) is 30.4. The van der Waals surface area contributed by atoms with E-state index >= 15 is 0 Å². The topological polar surface area (TPSA) is 161 Å². The number of ketones is 1. The molecule has 2 aromatic carbocycles. The number of rotatable bonds is 15. The number of ether oxygens (including phenoxy) is 2. The molecule has 12 nitrogen and oxygen atoms in total. The van der Waals surface area contributed by atoms with Gasteiger partial charge in [-0.2, -0.15) is 0 Å². The molecule has 3 aliphatic rings. The Morgan fingerprint density at radius 2 is 1.81 bits per heavy atom. The van der Waals surface area contributed by atoms with Gasteiger partial charge in [-0.1, -0.05) is 56.8 Å². The van der Waals surface area contributed by atoms with E-state index in [0.717, 1.165) is 5.56 Å². The van der Waals surface area contributed by atoms with E-state index in [1.54, 1.807) is 19.2 Å². The third-order valence-electron chi connectivity index (χ3n) is 10.2. The SMILES string of the molecule is C=CC(=O)C[C@@H](C(=O)N1CC(Oc2cc(-c3ccccc3)nc3cc(OC)ccc23)C[C@H]1C(=O)N[C@]1(C(=O)NS(=O)(=O)C2CC2)C[C@H]1C=C)C(C)C. The molecule has 0 radical (unpaired) electrons. The van der Waals surface area contributed by atoms with E-state index in [1.807, 2.05) is 56.3 Å². The Bertz CT molecular complexity index is 2030. The summed E-state index contributed by atoms with van der Waals surface area (Å²) in [6, 6.07) is 15.8. The van der Waals surface area contributed by atoms with Gasteiger partial charge in [-0.05, 0) is 43.4 Å². The van der Waals surface area contributed by atoms with Crippen LogP contribution in [0.4, 0.5) is 0 Å². The molecule has 2 aliphatic carbocycles. The molecule has 274 valence electrons. The summed E-state index contributed by atoms with van der Waals surface area (Å²) in [5, 5.41) is 2.87. The molecule has 5 atom stereocenters. The second-order valence-corrected chi connectivity index (χ2v) is 16.1. The first-order valence-corrected chi connectivity index (χ1v) is 19.0. The summed E-state index contributed by atoms with van der Waals surface area (Å²) < 4.78 is 39.6. The average molecular weight is 729 g/mol. The Balaban J connectivity index is 1.33. The van der Waals surface area contributed by atoms with Crippen LogP contribution in [0.5, 0.6) is 11.5 Å². The number of carbonyl (C=O) groups excluding carboxylic acids is 4. The first-order valence-electron chi connectivity index (χ1n) is 17.5. The van der Waals surface area contributed by atoms with Crippen LogP contribution in [0.25, 0.3) is 22.2 Å². The van der Waals surface area contributed by atoms with Crippen LogP contribution in [0.3, 0.4) is 0 Å². The fraction of sp³-hybridized carbons (Fsp3) is 0.410. The number of hydrogen-bond acceptors (Lipinski definition) is 9. The van der Waals surface area contributed by atoms with E-state index in [2.05, 4.69) is 23.2 Å². The lowest BCUT2D eigenvalue weighted by Gasteiger charge is -2.30. The third kappa shape index (κ3) is 7.45. The number of nitrogens with one attached hydrogen (secondary N) is 2. The normalized spacial score (nSPS) is 23.1. The van der Waals surface area contributed by atoms with Crippen molar-refractivity contribution in [2.45, 2.75) is 68.9 Å². The second kappa shape index (κ2) is 14.5. The Morgan fingerprint density at radius 3 is 2.42 bits per heavy atom. The first-order chi connectivity index (χ1) is 24.8. The number of likely N-dealkylation sites (tertiary alicyclic amines) is 1. The maximum Gasteiger partial charge on any atom is 0.259 e. The second-order valence-electron chi connectivity index (χ2n) is 14.1. The summed E-state index contributed by atoms with van der Waals surface area (Å²) in [6.45, 7) is 11.0. The summed E-state index contributed by atoms with van der Waals surface area (Å²) in [6.07, 6.45) is 3.08. The molecule has 1 saturated heterocycles. The van der Waals surface area contributed by atoms with Gasteiger partial charge in [0.2, 0.25) is 21.8 Å². The maximum absolute atomic E-state index is 14.3. The molecular formula is C39H44N4O8S. The highest BCUT2D eigenvalue weighted by Gasteiger charge is 2.62. The molecule has 2 N–H and O–H groups in total. The smallest absolute Gasteiger partial charge is 0.259 e. The molecule has 1 unspecified atom stereocenters. The fourth-order valence-electron chi connectivity index (χ4n) is 6.85. The summed E-state index contributed by atoms with van der Waals surface area (Å²) in [7, 11) is -2.32. The van der Waals surface area contributed by atoms with Crippen LogP contribution in [0, 0.1) is 17.8 Å². The van der Waals surface area contributed by atoms with Gasteiger partial charge in [0, 0.05) is 47.8 Å². The van der Waals surface area contributed by atoms with Crippen molar-refractivity contribution in [3.63, 3.8) is 0 Å². The molecule has 2 heterocycles. The van der Waals surface area contributed by atoms with Crippen molar-refractivity contribution >= 4 is 44.4 Å². The Hall–Kier alpha value is -5.04. The van der Waals surface area contributed by atoms with Crippen molar-refractivity contribution in [1.29, 1.82) is 0 Å². The number of methoxy groups -OCH3 is 1. The molecule has 0 bridgehead atoms. The van der Waals surface area contributed by atoms with Crippen LogP contribution in [0.15, 0.2) is 79.9 Å². The zero-order chi connectivity index (χ0) is 37.4. The predicted octanol–water partition coefficient (Wildman–Crippen LogP) is 4.35. The summed E-state index contributed by atoms with van der Waals surface area (Å²) in [5.41, 5.74) is 0.600. The van der Waals surface area contributed by atoms with Crippen LogP contribution >= 0.6 is 0 Å². The van der Waals surface area contributed by atoms with Gasteiger partial charge >= 0.3 is 0 Å². The van der Waals surface area contributed by atoms with Crippen molar-refractivity contribution in [2.24, 2.45) is 17.8 Å². The van der Waals surface area contributed by atoms with Gasteiger partial charge in [0.1, 0.15) is 29.2 Å². The maximum atomic E-state index is 14.3. The van der Waals surface area contributed by atoms with E-state index in [0.29, 0.717) is 40.9 Å². The molecule has 52 heavy (non-hydrogen) atoms. The Morgan fingerprint density at radius 1 is 1.08 bits per heavy atom. The monoisotopic (exact) mass is 728 g/mol. The fourth-order valence-corrected chi connectivity index (χ4v) is 8.22. The Labute approximate surface area is 303 Å². The van der Waals surface area contributed by atoms with E-state index in [-0.39, 0.29) is 37.5 Å². The number of nitrogens with zero attached hydrogens (tertiary/aromatic N) is 2. The van der Waals surface area contributed by atoms with Crippen molar-refractivity contribution in [1.82, 2.24) is 19.9 Å². The highest BCUT2D eigenvalue weighted by atomic mass is 32.2. The molecule has 3 fully saturated rings. The lowest BCUT2D eigenvalue weighted by molar-refractivity contribution is -0.144. The number of fused-ring (bicyclic) bond motifs is 1. The van der Waals surface area contributed by atoms with Crippen molar-refractivity contribution in [2.75, 3.05) is 13.7 Å². The van der Waals surface area contributed by atoms with Gasteiger partial charge in [-0.3, -0.25) is 23.9 Å². The summed E-state index contributed by atoms with van der Waals surface area (Å²) in [4.78, 5) is 60.8. The van der Waals surface area contributed by atoms with E-state index < -0.39 is 62.5 Å². The first kappa shape index (κ1) is 36.7.